The van der Waals surface area contributed by atoms with Gasteiger partial charge in [0.15, 0.2) is 0 Å². The summed E-state index contributed by atoms with van der Waals surface area (Å²) >= 11 is 12.0. The van der Waals surface area contributed by atoms with Crippen LogP contribution in [0.1, 0.15) is 30.1 Å². The zero-order chi connectivity index (χ0) is 17.0. The Bertz CT molecular complexity index is 587. The molecular formula is C16H20Cl2N2O3. The van der Waals surface area contributed by atoms with Gasteiger partial charge in [0.2, 0.25) is 0 Å². The van der Waals surface area contributed by atoms with Crippen molar-refractivity contribution in [1.29, 1.82) is 0 Å². The van der Waals surface area contributed by atoms with Gasteiger partial charge in [-0.1, -0.05) is 30.1 Å². The smallest absolute Gasteiger partial charge is 0.317 e. The molecule has 0 saturated carbocycles. The van der Waals surface area contributed by atoms with Crippen molar-refractivity contribution in [3.63, 3.8) is 0 Å². The Labute approximate surface area is 145 Å². The Hall–Kier alpha value is -1.30. The quantitative estimate of drug-likeness (QED) is 0.878. The molecule has 0 unspecified atom stereocenters. The van der Waals surface area contributed by atoms with Crippen LogP contribution in [0, 0.1) is 0 Å². The summed E-state index contributed by atoms with van der Waals surface area (Å²) in [6.07, 6.45) is 1.51. The summed E-state index contributed by atoms with van der Waals surface area (Å²) in [5.74, 6) is -0.951. The van der Waals surface area contributed by atoms with Crippen molar-refractivity contribution in [2.24, 2.45) is 0 Å². The van der Waals surface area contributed by atoms with Crippen molar-refractivity contribution in [1.82, 2.24) is 9.80 Å². The molecule has 0 spiro atoms. The van der Waals surface area contributed by atoms with E-state index in [1.54, 1.807) is 23.1 Å². The first-order chi connectivity index (χ1) is 10.9. The number of carboxylic acids is 1. The molecule has 1 N–H and O–H groups in total. The van der Waals surface area contributed by atoms with Gasteiger partial charge in [-0.15, -0.1) is 0 Å². The number of aliphatic carboxylic acids is 1. The van der Waals surface area contributed by atoms with Crippen LogP contribution in [-0.2, 0) is 4.79 Å². The molecule has 0 bridgehead atoms. The average Bonchev–Trinajstić information content (AvgIpc) is 2.54. The Kier molecular flexibility index (Phi) is 6.27. The predicted octanol–water partition coefficient (Wildman–Crippen LogP) is 3.00. The SMILES string of the molecule is CCN(CC(=O)O)C1CCN(C(=O)c2cc(Cl)ccc2Cl)CC1. The second-order valence-electron chi connectivity index (χ2n) is 5.60. The first kappa shape index (κ1) is 18.0. The number of carbonyl (C=O) groups is 2. The van der Waals surface area contributed by atoms with Crippen LogP contribution < -0.4 is 0 Å². The minimum absolute atomic E-state index is 0.0369. The summed E-state index contributed by atoms with van der Waals surface area (Å²) in [7, 11) is 0. The van der Waals surface area contributed by atoms with Gasteiger partial charge in [0, 0.05) is 24.2 Å². The van der Waals surface area contributed by atoms with E-state index in [1.807, 2.05) is 11.8 Å². The minimum Gasteiger partial charge on any atom is -0.480 e. The summed E-state index contributed by atoms with van der Waals surface area (Å²) in [6.45, 7) is 3.84. The van der Waals surface area contributed by atoms with Gasteiger partial charge in [-0.3, -0.25) is 14.5 Å². The molecule has 1 aromatic rings. The molecule has 1 heterocycles. The maximum atomic E-state index is 12.6. The van der Waals surface area contributed by atoms with Crippen LogP contribution in [0.2, 0.25) is 10.0 Å². The van der Waals surface area contributed by atoms with Gasteiger partial charge in [0.1, 0.15) is 0 Å². The molecule has 23 heavy (non-hydrogen) atoms. The molecular weight excluding hydrogens is 339 g/mol. The third-order valence-corrected chi connectivity index (χ3v) is 4.74. The Balaban J connectivity index is 1.99. The van der Waals surface area contributed by atoms with E-state index >= 15 is 0 Å². The molecule has 1 aliphatic rings. The van der Waals surface area contributed by atoms with E-state index in [0.717, 1.165) is 12.8 Å². The van der Waals surface area contributed by atoms with Crippen LogP contribution in [0.4, 0.5) is 0 Å². The molecule has 7 heteroatoms. The molecule has 1 saturated heterocycles. The van der Waals surface area contributed by atoms with E-state index < -0.39 is 5.97 Å². The number of likely N-dealkylation sites (tertiary alicyclic amines) is 1. The van der Waals surface area contributed by atoms with Gasteiger partial charge in [-0.25, -0.2) is 0 Å². The number of amides is 1. The highest BCUT2D eigenvalue weighted by Crippen LogP contribution is 2.24. The van der Waals surface area contributed by atoms with Crippen molar-refractivity contribution < 1.29 is 14.7 Å². The molecule has 0 radical (unpaired) electrons. The summed E-state index contributed by atoms with van der Waals surface area (Å²) in [4.78, 5) is 27.2. The van der Waals surface area contributed by atoms with Crippen LogP contribution in [-0.4, -0.2) is 59.0 Å². The largest absolute Gasteiger partial charge is 0.480 e. The normalized spacial score (nSPS) is 15.9. The monoisotopic (exact) mass is 358 g/mol. The second kappa shape index (κ2) is 7.99. The lowest BCUT2D eigenvalue weighted by atomic mass is 10.0. The van der Waals surface area contributed by atoms with E-state index in [1.165, 1.54) is 0 Å². The molecule has 1 amide bonds. The highest BCUT2D eigenvalue weighted by molar-refractivity contribution is 6.35. The summed E-state index contributed by atoms with van der Waals surface area (Å²) in [5, 5.41) is 9.83. The third-order valence-electron chi connectivity index (χ3n) is 4.17. The molecule has 0 aliphatic carbocycles. The third kappa shape index (κ3) is 4.59. The number of carboxylic acid groups (broad SMARTS) is 1. The van der Waals surface area contributed by atoms with Crippen molar-refractivity contribution in [3.8, 4) is 0 Å². The minimum atomic E-state index is -0.823. The van der Waals surface area contributed by atoms with Gasteiger partial charge in [0.05, 0.1) is 17.1 Å². The number of halogens is 2. The fourth-order valence-electron chi connectivity index (χ4n) is 2.94. The van der Waals surface area contributed by atoms with E-state index in [-0.39, 0.29) is 18.5 Å². The molecule has 5 nitrogen and oxygen atoms in total. The van der Waals surface area contributed by atoms with Gasteiger partial charge in [0.25, 0.3) is 5.91 Å². The van der Waals surface area contributed by atoms with Crippen molar-refractivity contribution in [2.75, 3.05) is 26.2 Å². The number of rotatable bonds is 5. The van der Waals surface area contributed by atoms with Crippen LogP contribution >= 0.6 is 23.2 Å². The summed E-state index contributed by atoms with van der Waals surface area (Å²) in [5.41, 5.74) is 0.413. The first-order valence-electron chi connectivity index (χ1n) is 7.62. The van der Waals surface area contributed by atoms with Gasteiger partial charge in [-0.05, 0) is 37.6 Å². The van der Waals surface area contributed by atoms with Crippen molar-refractivity contribution in [2.45, 2.75) is 25.8 Å². The Morgan fingerprint density at radius 2 is 1.96 bits per heavy atom. The van der Waals surface area contributed by atoms with E-state index in [4.69, 9.17) is 28.3 Å². The summed E-state index contributed by atoms with van der Waals surface area (Å²) in [6, 6.07) is 5.05. The van der Waals surface area contributed by atoms with Crippen molar-refractivity contribution >= 4 is 35.1 Å². The number of benzene rings is 1. The molecule has 1 aromatic carbocycles. The number of piperidine rings is 1. The first-order valence-corrected chi connectivity index (χ1v) is 8.38. The van der Waals surface area contributed by atoms with Crippen LogP contribution in [0.3, 0.4) is 0 Å². The lowest BCUT2D eigenvalue weighted by molar-refractivity contribution is -0.139. The molecule has 1 fully saturated rings. The zero-order valence-corrected chi connectivity index (χ0v) is 14.5. The van der Waals surface area contributed by atoms with Crippen LogP contribution in [0.5, 0.6) is 0 Å². The maximum absolute atomic E-state index is 12.6. The van der Waals surface area contributed by atoms with Crippen LogP contribution in [0.25, 0.3) is 0 Å². The lowest BCUT2D eigenvalue weighted by Gasteiger charge is -2.37. The molecule has 0 atom stereocenters. The van der Waals surface area contributed by atoms with E-state index in [9.17, 15) is 9.59 Å². The predicted molar refractivity (Wildman–Crippen MR) is 90.3 cm³/mol. The van der Waals surface area contributed by atoms with Crippen LogP contribution in [0.15, 0.2) is 18.2 Å². The number of nitrogens with zero attached hydrogens (tertiary/aromatic N) is 2. The number of hydrogen-bond donors (Lipinski definition) is 1. The lowest BCUT2D eigenvalue weighted by Crippen LogP contribution is -2.48. The number of hydrogen-bond acceptors (Lipinski definition) is 3. The summed E-state index contributed by atoms with van der Waals surface area (Å²) < 4.78 is 0. The molecule has 0 aromatic heterocycles. The Morgan fingerprint density at radius 3 is 2.52 bits per heavy atom. The zero-order valence-electron chi connectivity index (χ0n) is 13.0. The highest BCUT2D eigenvalue weighted by Gasteiger charge is 2.28. The van der Waals surface area contributed by atoms with E-state index in [2.05, 4.69) is 0 Å². The van der Waals surface area contributed by atoms with E-state index in [0.29, 0.717) is 35.2 Å². The van der Waals surface area contributed by atoms with Crippen molar-refractivity contribution in [3.05, 3.63) is 33.8 Å². The average molecular weight is 359 g/mol. The molecule has 1 aliphatic heterocycles. The molecule has 2 rings (SSSR count). The topological polar surface area (TPSA) is 60.9 Å². The Morgan fingerprint density at radius 1 is 1.30 bits per heavy atom. The molecule has 126 valence electrons. The fourth-order valence-corrected chi connectivity index (χ4v) is 3.31. The maximum Gasteiger partial charge on any atom is 0.317 e. The fraction of sp³-hybridized carbons (Fsp3) is 0.500. The van der Waals surface area contributed by atoms with Gasteiger partial charge < -0.3 is 10.0 Å². The second-order valence-corrected chi connectivity index (χ2v) is 6.45. The number of likely N-dealkylation sites (N-methyl/N-ethyl adjacent to an activating group) is 1. The highest BCUT2D eigenvalue weighted by atomic mass is 35.5. The number of carbonyl (C=O) groups excluding carboxylic acids is 1. The van der Waals surface area contributed by atoms with Gasteiger partial charge >= 0.3 is 5.97 Å². The van der Waals surface area contributed by atoms with Gasteiger partial charge in [-0.2, -0.15) is 0 Å². The standard InChI is InChI=1S/C16H20Cl2N2O3/c1-2-19(10-15(21)22)12-5-7-20(8-6-12)16(23)13-9-11(17)3-4-14(13)18/h3-4,9,12H,2,5-8,10H2,1H3,(H,21,22).